The molecule has 3 N–H and O–H groups in total. The highest BCUT2D eigenvalue weighted by molar-refractivity contribution is 5.81. The molecule has 0 spiro atoms. The van der Waals surface area contributed by atoms with Crippen LogP contribution in [0.25, 0.3) is 0 Å². The van der Waals surface area contributed by atoms with Gasteiger partial charge in [-0.25, -0.2) is 0 Å². The Morgan fingerprint density at radius 1 is 1.24 bits per heavy atom. The molecule has 5 nitrogen and oxygen atoms in total. The first-order chi connectivity index (χ1) is 10.1. The Labute approximate surface area is 127 Å². The van der Waals surface area contributed by atoms with E-state index in [4.69, 9.17) is 10.5 Å². The number of nitrogens with two attached hydrogens (primary N) is 1. The Bertz CT molecular complexity index is 416. The summed E-state index contributed by atoms with van der Waals surface area (Å²) in [5, 5.41) is 3.23. The minimum absolute atomic E-state index is 0.362. The van der Waals surface area contributed by atoms with E-state index in [-0.39, 0.29) is 5.91 Å². The average Bonchev–Trinajstić information content (AvgIpc) is 2.49. The first kappa shape index (κ1) is 17.5. The zero-order valence-corrected chi connectivity index (χ0v) is 13.3. The second-order valence-electron chi connectivity index (χ2n) is 4.82. The van der Waals surface area contributed by atoms with Crippen molar-refractivity contribution in [1.29, 1.82) is 0 Å². The normalized spacial score (nSPS) is 12.4. The monoisotopic (exact) mass is 293 g/mol. The molecule has 5 heteroatoms. The van der Waals surface area contributed by atoms with E-state index in [0.29, 0.717) is 6.61 Å². The SMILES string of the molecule is CCOc1ccc(C(NCCN(CC)CC)C(N)=O)cc1. The van der Waals surface area contributed by atoms with Crippen molar-refractivity contribution in [2.75, 3.05) is 32.8 Å². The number of carbonyl (C=O) groups is 1. The molecule has 0 saturated heterocycles. The fourth-order valence-corrected chi connectivity index (χ4v) is 2.21. The molecule has 0 radical (unpaired) electrons. The van der Waals surface area contributed by atoms with Crippen LogP contribution < -0.4 is 15.8 Å². The van der Waals surface area contributed by atoms with Gasteiger partial charge in [0.1, 0.15) is 11.8 Å². The molecule has 0 aliphatic heterocycles. The Morgan fingerprint density at radius 2 is 1.86 bits per heavy atom. The van der Waals surface area contributed by atoms with E-state index in [1.54, 1.807) is 0 Å². The Kier molecular flexibility index (Phi) is 7.79. The standard InChI is InChI=1S/C16H27N3O2/c1-4-19(5-2)12-11-18-15(16(17)20)13-7-9-14(10-8-13)21-6-3/h7-10,15,18H,4-6,11-12H2,1-3H3,(H2,17,20). The van der Waals surface area contributed by atoms with E-state index < -0.39 is 6.04 Å². The summed E-state index contributed by atoms with van der Waals surface area (Å²) < 4.78 is 5.40. The van der Waals surface area contributed by atoms with Crippen molar-refractivity contribution in [3.05, 3.63) is 29.8 Å². The molecule has 118 valence electrons. The fraction of sp³-hybridized carbons (Fsp3) is 0.562. The van der Waals surface area contributed by atoms with Crippen LogP contribution in [0.4, 0.5) is 0 Å². The van der Waals surface area contributed by atoms with Crippen molar-refractivity contribution in [1.82, 2.24) is 10.2 Å². The van der Waals surface area contributed by atoms with E-state index in [1.807, 2.05) is 31.2 Å². The minimum Gasteiger partial charge on any atom is -0.494 e. The lowest BCUT2D eigenvalue weighted by molar-refractivity contribution is -0.120. The van der Waals surface area contributed by atoms with E-state index in [2.05, 4.69) is 24.1 Å². The Hall–Kier alpha value is -1.59. The largest absolute Gasteiger partial charge is 0.494 e. The first-order valence-electron chi connectivity index (χ1n) is 7.60. The molecule has 0 bridgehead atoms. The zero-order valence-electron chi connectivity index (χ0n) is 13.3. The van der Waals surface area contributed by atoms with Crippen LogP contribution in [0.15, 0.2) is 24.3 Å². The predicted molar refractivity (Wildman–Crippen MR) is 85.3 cm³/mol. The van der Waals surface area contributed by atoms with Crippen LogP contribution in [-0.4, -0.2) is 43.6 Å². The van der Waals surface area contributed by atoms with E-state index in [1.165, 1.54) is 0 Å². The van der Waals surface area contributed by atoms with Crippen molar-refractivity contribution < 1.29 is 9.53 Å². The summed E-state index contributed by atoms with van der Waals surface area (Å²) in [7, 11) is 0. The van der Waals surface area contributed by atoms with Crippen molar-refractivity contribution in [3.63, 3.8) is 0 Å². The smallest absolute Gasteiger partial charge is 0.239 e. The molecule has 1 aromatic carbocycles. The third kappa shape index (κ3) is 5.73. The van der Waals surface area contributed by atoms with Gasteiger partial charge in [0.2, 0.25) is 5.91 Å². The van der Waals surface area contributed by atoms with Crippen molar-refractivity contribution in [2.24, 2.45) is 5.73 Å². The maximum absolute atomic E-state index is 11.6. The average molecular weight is 293 g/mol. The van der Waals surface area contributed by atoms with Crippen molar-refractivity contribution in [2.45, 2.75) is 26.8 Å². The minimum atomic E-state index is -0.462. The van der Waals surface area contributed by atoms with Crippen LogP contribution in [0.5, 0.6) is 5.75 Å². The maximum atomic E-state index is 11.6. The topological polar surface area (TPSA) is 67.6 Å². The number of nitrogens with zero attached hydrogens (tertiary/aromatic N) is 1. The first-order valence-corrected chi connectivity index (χ1v) is 7.60. The number of nitrogens with one attached hydrogen (secondary N) is 1. The number of primary amides is 1. The second kappa shape index (κ2) is 9.37. The van der Waals surface area contributed by atoms with Crippen LogP contribution in [0.2, 0.25) is 0 Å². The van der Waals surface area contributed by atoms with Crippen LogP contribution in [0, 0.1) is 0 Å². The quantitative estimate of drug-likeness (QED) is 0.687. The Morgan fingerprint density at radius 3 is 2.33 bits per heavy atom. The number of hydrogen-bond donors (Lipinski definition) is 2. The molecule has 0 aliphatic rings. The summed E-state index contributed by atoms with van der Waals surface area (Å²) >= 11 is 0. The van der Waals surface area contributed by atoms with Gasteiger partial charge in [0.15, 0.2) is 0 Å². The zero-order chi connectivity index (χ0) is 15.7. The number of amides is 1. The summed E-state index contributed by atoms with van der Waals surface area (Å²) in [6.45, 7) is 10.4. The van der Waals surface area contributed by atoms with Gasteiger partial charge in [-0.3, -0.25) is 4.79 Å². The fourth-order valence-electron chi connectivity index (χ4n) is 2.21. The number of rotatable bonds is 10. The molecule has 0 aliphatic carbocycles. The number of likely N-dealkylation sites (N-methyl/N-ethyl adjacent to an activating group) is 1. The summed E-state index contributed by atoms with van der Waals surface area (Å²) in [5.41, 5.74) is 6.37. The van der Waals surface area contributed by atoms with Gasteiger partial charge in [-0.2, -0.15) is 0 Å². The van der Waals surface area contributed by atoms with E-state index in [9.17, 15) is 4.79 Å². The van der Waals surface area contributed by atoms with Crippen LogP contribution in [0.1, 0.15) is 32.4 Å². The van der Waals surface area contributed by atoms with Crippen LogP contribution in [0.3, 0.4) is 0 Å². The van der Waals surface area contributed by atoms with Gasteiger partial charge >= 0.3 is 0 Å². The molecule has 1 rings (SSSR count). The molecule has 0 saturated carbocycles. The molecular formula is C16H27N3O2. The van der Waals surface area contributed by atoms with Gasteiger partial charge in [-0.1, -0.05) is 26.0 Å². The van der Waals surface area contributed by atoms with Gasteiger partial charge < -0.3 is 20.7 Å². The predicted octanol–water partition coefficient (Wildman–Crippen LogP) is 1.54. The highest BCUT2D eigenvalue weighted by atomic mass is 16.5. The highest BCUT2D eigenvalue weighted by Crippen LogP contribution is 2.17. The summed E-state index contributed by atoms with van der Waals surface area (Å²) in [6, 6.07) is 7.02. The molecule has 1 atom stereocenters. The lowest BCUT2D eigenvalue weighted by Gasteiger charge is -2.21. The molecular weight excluding hydrogens is 266 g/mol. The van der Waals surface area contributed by atoms with Gasteiger partial charge in [0.25, 0.3) is 0 Å². The molecule has 0 aromatic heterocycles. The van der Waals surface area contributed by atoms with Crippen LogP contribution >= 0.6 is 0 Å². The third-order valence-electron chi connectivity index (χ3n) is 3.48. The Balaban J connectivity index is 2.62. The van der Waals surface area contributed by atoms with Gasteiger partial charge in [-0.05, 0) is 37.7 Å². The number of hydrogen-bond acceptors (Lipinski definition) is 4. The summed E-state index contributed by atoms with van der Waals surface area (Å²) in [4.78, 5) is 13.9. The second-order valence-corrected chi connectivity index (χ2v) is 4.82. The number of ether oxygens (including phenoxy) is 1. The molecule has 1 unspecified atom stereocenters. The van der Waals surface area contributed by atoms with E-state index >= 15 is 0 Å². The molecule has 1 amide bonds. The molecule has 0 heterocycles. The molecule has 0 fully saturated rings. The van der Waals surface area contributed by atoms with E-state index in [0.717, 1.165) is 37.5 Å². The maximum Gasteiger partial charge on any atom is 0.239 e. The molecule has 1 aromatic rings. The van der Waals surface area contributed by atoms with Gasteiger partial charge in [-0.15, -0.1) is 0 Å². The van der Waals surface area contributed by atoms with Crippen LogP contribution in [-0.2, 0) is 4.79 Å². The van der Waals surface area contributed by atoms with Gasteiger partial charge in [0.05, 0.1) is 6.61 Å². The summed E-state index contributed by atoms with van der Waals surface area (Å²) in [5.74, 6) is 0.436. The third-order valence-corrected chi connectivity index (χ3v) is 3.48. The van der Waals surface area contributed by atoms with Crippen molar-refractivity contribution in [3.8, 4) is 5.75 Å². The lowest BCUT2D eigenvalue weighted by Crippen LogP contribution is -2.38. The highest BCUT2D eigenvalue weighted by Gasteiger charge is 2.17. The number of carbonyl (C=O) groups excluding carboxylic acids is 1. The summed E-state index contributed by atoms with van der Waals surface area (Å²) in [6.07, 6.45) is 0. The molecule has 21 heavy (non-hydrogen) atoms. The lowest BCUT2D eigenvalue weighted by atomic mass is 10.1. The van der Waals surface area contributed by atoms with Gasteiger partial charge in [0, 0.05) is 13.1 Å². The number of benzene rings is 1. The van der Waals surface area contributed by atoms with Crippen molar-refractivity contribution >= 4 is 5.91 Å².